The fourth-order valence-electron chi connectivity index (χ4n) is 6.03. The number of carbonyl (C=O) groups excluding carboxylic acids is 2. The highest BCUT2D eigenvalue weighted by molar-refractivity contribution is 5.98. The zero-order valence-corrected chi connectivity index (χ0v) is 23.4. The molecule has 42 heavy (non-hydrogen) atoms. The van der Waals surface area contributed by atoms with E-state index in [4.69, 9.17) is 4.74 Å². The Morgan fingerprint density at radius 1 is 0.619 bits per heavy atom. The third kappa shape index (κ3) is 6.03. The van der Waals surface area contributed by atoms with Gasteiger partial charge < -0.3 is 9.64 Å². The summed E-state index contributed by atoms with van der Waals surface area (Å²) >= 11 is 0. The smallest absolute Gasteiger partial charge is 0.329 e. The molecule has 0 saturated carbocycles. The SMILES string of the molecule is O=C(OCc1ccccc1)[C@@H]1CC(Cc2ccccc2)C(c2ccccc2)N1C(=O)c1ccc(-c2ccccc2)cc1. The van der Waals surface area contributed by atoms with Crippen LogP contribution in [0, 0.1) is 5.92 Å². The molecule has 4 heteroatoms. The first-order valence-electron chi connectivity index (χ1n) is 14.4. The number of hydrogen-bond acceptors (Lipinski definition) is 3. The molecule has 5 aromatic rings. The molecule has 0 spiro atoms. The highest BCUT2D eigenvalue weighted by Gasteiger charge is 2.48. The number of amides is 1. The molecule has 1 aliphatic heterocycles. The van der Waals surface area contributed by atoms with Gasteiger partial charge in [-0.1, -0.05) is 133 Å². The number of esters is 1. The van der Waals surface area contributed by atoms with Crippen LogP contribution in [-0.2, 0) is 22.6 Å². The van der Waals surface area contributed by atoms with Crippen LogP contribution in [0.4, 0.5) is 0 Å². The minimum Gasteiger partial charge on any atom is -0.459 e. The van der Waals surface area contributed by atoms with Gasteiger partial charge in [0.2, 0.25) is 0 Å². The van der Waals surface area contributed by atoms with Crippen molar-refractivity contribution < 1.29 is 14.3 Å². The zero-order chi connectivity index (χ0) is 28.7. The number of rotatable bonds is 8. The van der Waals surface area contributed by atoms with E-state index in [0.29, 0.717) is 12.0 Å². The Kier molecular flexibility index (Phi) is 8.23. The molecular formula is C38H33NO3. The van der Waals surface area contributed by atoms with Gasteiger partial charge in [0.1, 0.15) is 12.6 Å². The predicted octanol–water partition coefficient (Wildman–Crippen LogP) is 7.91. The highest BCUT2D eigenvalue weighted by atomic mass is 16.5. The lowest BCUT2D eigenvalue weighted by atomic mass is 9.87. The molecule has 4 nitrogen and oxygen atoms in total. The van der Waals surface area contributed by atoms with Gasteiger partial charge in [-0.3, -0.25) is 4.79 Å². The quantitative estimate of drug-likeness (QED) is 0.184. The summed E-state index contributed by atoms with van der Waals surface area (Å²) < 4.78 is 5.86. The summed E-state index contributed by atoms with van der Waals surface area (Å²) in [7, 11) is 0. The van der Waals surface area contributed by atoms with Crippen molar-refractivity contribution in [2.24, 2.45) is 5.92 Å². The average Bonchev–Trinajstić information content (AvgIpc) is 3.44. The Morgan fingerprint density at radius 3 is 1.76 bits per heavy atom. The summed E-state index contributed by atoms with van der Waals surface area (Å²) in [4.78, 5) is 29.9. The van der Waals surface area contributed by atoms with Crippen molar-refractivity contribution in [1.82, 2.24) is 4.90 Å². The Bertz CT molecular complexity index is 1600. The zero-order valence-electron chi connectivity index (χ0n) is 23.4. The fraction of sp³-hybridized carbons (Fsp3) is 0.158. The van der Waals surface area contributed by atoms with Gasteiger partial charge in [-0.2, -0.15) is 0 Å². The molecule has 3 atom stereocenters. The van der Waals surface area contributed by atoms with Gasteiger partial charge in [0.25, 0.3) is 5.91 Å². The second-order valence-electron chi connectivity index (χ2n) is 10.8. The molecule has 0 aliphatic carbocycles. The van der Waals surface area contributed by atoms with E-state index in [1.165, 1.54) is 5.56 Å². The predicted molar refractivity (Wildman–Crippen MR) is 166 cm³/mol. The van der Waals surface area contributed by atoms with E-state index in [9.17, 15) is 9.59 Å². The van der Waals surface area contributed by atoms with E-state index in [2.05, 4.69) is 36.4 Å². The number of ether oxygens (including phenoxy) is 1. The van der Waals surface area contributed by atoms with Crippen LogP contribution in [0.15, 0.2) is 146 Å². The molecule has 208 valence electrons. The van der Waals surface area contributed by atoms with E-state index in [1.807, 2.05) is 109 Å². The third-order valence-electron chi connectivity index (χ3n) is 8.06. The van der Waals surface area contributed by atoms with Crippen LogP contribution in [0.3, 0.4) is 0 Å². The van der Waals surface area contributed by atoms with Crippen molar-refractivity contribution in [1.29, 1.82) is 0 Å². The van der Waals surface area contributed by atoms with Crippen molar-refractivity contribution in [3.63, 3.8) is 0 Å². The number of hydrogen-bond donors (Lipinski definition) is 0. The molecule has 0 aromatic heterocycles. The van der Waals surface area contributed by atoms with Crippen molar-refractivity contribution in [3.05, 3.63) is 168 Å². The maximum absolute atomic E-state index is 14.4. The normalized spacial score (nSPS) is 18.0. The number of nitrogens with zero attached hydrogens (tertiary/aromatic N) is 1. The van der Waals surface area contributed by atoms with Crippen LogP contribution in [0.25, 0.3) is 11.1 Å². The second kappa shape index (κ2) is 12.7. The van der Waals surface area contributed by atoms with E-state index in [0.717, 1.165) is 28.7 Å². The minimum atomic E-state index is -0.700. The topological polar surface area (TPSA) is 46.6 Å². The summed E-state index contributed by atoms with van der Waals surface area (Å²) in [5, 5.41) is 0. The van der Waals surface area contributed by atoms with Gasteiger partial charge in [-0.25, -0.2) is 4.79 Å². The van der Waals surface area contributed by atoms with Gasteiger partial charge in [-0.05, 0) is 58.7 Å². The third-order valence-corrected chi connectivity index (χ3v) is 8.06. The highest BCUT2D eigenvalue weighted by Crippen LogP contribution is 2.44. The van der Waals surface area contributed by atoms with Crippen LogP contribution in [-0.4, -0.2) is 22.8 Å². The van der Waals surface area contributed by atoms with Crippen molar-refractivity contribution in [2.45, 2.75) is 31.5 Å². The van der Waals surface area contributed by atoms with Gasteiger partial charge in [0.15, 0.2) is 0 Å². The summed E-state index contributed by atoms with van der Waals surface area (Å²) in [6.45, 7) is 0.170. The molecule has 1 fully saturated rings. The summed E-state index contributed by atoms with van der Waals surface area (Å²) in [6, 6.07) is 46.8. The van der Waals surface area contributed by atoms with Crippen molar-refractivity contribution in [2.75, 3.05) is 0 Å². The minimum absolute atomic E-state index is 0.0385. The molecule has 0 bridgehead atoms. The standard InChI is InChI=1S/C38H33NO3/c40-37(33-23-21-31(22-24-33)30-17-9-3-10-18-30)39-35(38(41)42-27-29-15-7-2-8-16-29)26-34(25-28-13-5-1-6-14-28)36(39)32-19-11-4-12-20-32/h1-24,34-36H,25-27H2/t34?,35-,36?/m0/s1. The molecule has 0 N–H and O–H groups in total. The first-order chi connectivity index (χ1) is 20.7. The molecular weight excluding hydrogens is 518 g/mol. The van der Waals surface area contributed by atoms with E-state index in [1.54, 1.807) is 4.90 Å². The van der Waals surface area contributed by atoms with Crippen molar-refractivity contribution in [3.8, 4) is 11.1 Å². The van der Waals surface area contributed by atoms with Crippen molar-refractivity contribution >= 4 is 11.9 Å². The van der Waals surface area contributed by atoms with Crippen LogP contribution >= 0.6 is 0 Å². The Hall–Kier alpha value is -4.96. The fourth-order valence-corrected chi connectivity index (χ4v) is 6.03. The van der Waals surface area contributed by atoms with Gasteiger partial charge >= 0.3 is 5.97 Å². The molecule has 5 aromatic carbocycles. The Morgan fingerprint density at radius 2 is 1.14 bits per heavy atom. The van der Waals surface area contributed by atoms with Gasteiger partial charge in [0, 0.05) is 5.56 Å². The maximum Gasteiger partial charge on any atom is 0.329 e. The first-order valence-corrected chi connectivity index (χ1v) is 14.4. The monoisotopic (exact) mass is 551 g/mol. The molecule has 1 amide bonds. The molecule has 1 heterocycles. The summed E-state index contributed by atoms with van der Waals surface area (Å²) in [6.07, 6.45) is 1.27. The van der Waals surface area contributed by atoms with E-state index in [-0.39, 0.29) is 30.4 Å². The lowest BCUT2D eigenvalue weighted by Crippen LogP contribution is -2.43. The number of likely N-dealkylation sites (tertiary alicyclic amines) is 1. The number of carbonyl (C=O) groups is 2. The van der Waals surface area contributed by atoms with Crippen LogP contribution < -0.4 is 0 Å². The van der Waals surface area contributed by atoms with E-state index < -0.39 is 6.04 Å². The lowest BCUT2D eigenvalue weighted by Gasteiger charge is -2.31. The molecule has 0 radical (unpaired) electrons. The molecule has 6 rings (SSSR count). The Balaban J connectivity index is 1.35. The van der Waals surface area contributed by atoms with Gasteiger partial charge in [0.05, 0.1) is 6.04 Å². The van der Waals surface area contributed by atoms with Crippen LogP contribution in [0.5, 0.6) is 0 Å². The molecule has 1 saturated heterocycles. The maximum atomic E-state index is 14.4. The second-order valence-corrected chi connectivity index (χ2v) is 10.8. The molecule has 1 aliphatic rings. The summed E-state index contributed by atoms with van der Waals surface area (Å²) in [5.74, 6) is -0.498. The Labute approximate surface area is 247 Å². The van der Waals surface area contributed by atoms with Crippen LogP contribution in [0.2, 0.25) is 0 Å². The van der Waals surface area contributed by atoms with E-state index >= 15 is 0 Å². The average molecular weight is 552 g/mol. The largest absolute Gasteiger partial charge is 0.459 e. The first kappa shape index (κ1) is 27.2. The summed E-state index contributed by atoms with van der Waals surface area (Å²) in [5.41, 5.74) is 5.79. The number of benzene rings is 5. The van der Waals surface area contributed by atoms with Gasteiger partial charge in [-0.15, -0.1) is 0 Å². The lowest BCUT2D eigenvalue weighted by molar-refractivity contribution is -0.149. The molecule has 2 unspecified atom stereocenters. The van der Waals surface area contributed by atoms with Crippen LogP contribution in [0.1, 0.15) is 39.5 Å².